The molecule has 0 spiro atoms. The first-order valence-electron chi connectivity index (χ1n) is 2.74. The van der Waals surface area contributed by atoms with Gasteiger partial charge in [0.25, 0.3) is 0 Å². The number of cyclic esters (lactones) is 1. The smallest absolute Gasteiger partial charge is 0.337 e. The van der Waals surface area contributed by atoms with E-state index in [1.54, 1.807) is 0 Å². The lowest BCUT2D eigenvalue weighted by Crippen LogP contribution is -2.40. The van der Waals surface area contributed by atoms with Crippen LogP contribution < -0.4 is 0 Å². The zero-order valence-corrected chi connectivity index (χ0v) is 4.78. The van der Waals surface area contributed by atoms with E-state index in [1.807, 2.05) is 0 Å². The monoisotopic (exact) mass is 132 g/mol. The Morgan fingerprint density at radius 2 is 2.22 bits per heavy atom. The number of carbonyl (C=O) groups is 1. The van der Waals surface area contributed by atoms with Gasteiger partial charge < -0.3 is 14.9 Å². The van der Waals surface area contributed by atoms with Crippen LogP contribution in [0.15, 0.2) is 0 Å². The maximum absolute atomic E-state index is 10.4. The fourth-order valence-electron chi connectivity index (χ4n) is 0.681. The summed E-state index contributed by atoms with van der Waals surface area (Å²) in [5.41, 5.74) is 0. The molecule has 4 nitrogen and oxygen atoms in total. The second-order valence-corrected chi connectivity index (χ2v) is 1.97. The fourth-order valence-corrected chi connectivity index (χ4v) is 0.681. The van der Waals surface area contributed by atoms with Crippen molar-refractivity contribution in [3.63, 3.8) is 0 Å². The first-order chi connectivity index (χ1) is 4.22. The molecule has 9 heavy (non-hydrogen) atoms. The van der Waals surface area contributed by atoms with E-state index in [2.05, 4.69) is 4.74 Å². The number of aliphatic hydroxyl groups excluding tert-OH is 2. The summed E-state index contributed by atoms with van der Waals surface area (Å²) in [4.78, 5) is 10.4. The summed E-state index contributed by atoms with van der Waals surface area (Å²) in [6.07, 6.45) is -1.95. The van der Waals surface area contributed by atoms with Crippen molar-refractivity contribution >= 4 is 5.97 Å². The van der Waals surface area contributed by atoms with Crippen molar-refractivity contribution in [3.8, 4) is 0 Å². The molecule has 0 aromatic rings. The van der Waals surface area contributed by atoms with E-state index in [1.165, 1.54) is 0 Å². The van der Waals surface area contributed by atoms with Gasteiger partial charge in [0, 0.05) is 6.42 Å². The van der Waals surface area contributed by atoms with Gasteiger partial charge in [-0.1, -0.05) is 0 Å². The Morgan fingerprint density at radius 3 is 2.67 bits per heavy atom. The fraction of sp³-hybridized carbons (Fsp3) is 0.800. The lowest BCUT2D eigenvalue weighted by Gasteiger charge is -2.21. The number of ether oxygens (including phenoxy) is 1. The lowest BCUT2D eigenvalue weighted by atomic mass is 10.1. The summed E-state index contributed by atoms with van der Waals surface area (Å²) in [5.74, 6) is -0.728. The molecule has 0 aliphatic carbocycles. The standard InChI is InChI=1S/C5H8O4/c6-3-1-2-9-5(8)4(3)7/h3-4,6-7H,1-2H2/t3-,4-/m1/s1. The highest BCUT2D eigenvalue weighted by Gasteiger charge is 2.29. The van der Waals surface area contributed by atoms with Gasteiger partial charge in [0.05, 0.1) is 12.7 Å². The Balaban J connectivity index is 2.51. The molecule has 0 bridgehead atoms. The number of aliphatic hydroxyl groups is 2. The van der Waals surface area contributed by atoms with Gasteiger partial charge >= 0.3 is 5.97 Å². The van der Waals surface area contributed by atoms with Crippen molar-refractivity contribution < 1.29 is 19.7 Å². The normalized spacial score (nSPS) is 36.0. The molecule has 1 aliphatic heterocycles. The van der Waals surface area contributed by atoms with Crippen LogP contribution in [0.4, 0.5) is 0 Å². The van der Waals surface area contributed by atoms with Gasteiger partial charge in [-0.05, 0) is 0 Å². The zero-order valence-electron chi connectivity index (χ0n) is 4.78. The van der Waals surface area contributed by atoms with Crippen LogP contribution in [0.3, 0.4) is 0 Å². The molecular formula is C5H8O4. The third-order valence-corrected chi connectivity index (χ3v) is 1.26. The van der Waals surface area contributed by atoms with E-state index in [-0.39, 0.29) is 6.61 Å². The second-order valence-electron chi connectivity index (χ2n) is 1.97. The topological polar surface area (TPSA) is 66.8 Å². The summed E-state index contributed by atoms with van der Waals surface area (Å²) in [7, 11) is 0. The number of rotatable bonds is 0. The molecule has 0 aromatic heterocycles. The Bertz CT molecular complexity index is 122. The van der Waals surface area contributed by atoms with Gasteiger partial charge in [-0.2, -0.15) is 0 Å². The van der Waals surface area contributed by atoms with Gasteiger partial charge in [-0.3, -0.25) is 0 Å². The van der Waals surface area contributed by atoms with Crippen LogP contribution >= 0.6 is 0 Å². The van der Waals surface area contributed by atoms with E-state index in [0.29, 0.717) is 6.42 Å². The molecule has 2 N–H and O–H groups in total. The Hall–Kier alpha value is -0.610. The minimum absolute atomic E-state index is 0.205. The SMILES string of the molecule is O=C1OCC[C@@H](O)[C@H]1O. The molecular weight excluding hydrogens is 124 g/mol. The third-order valence-electron chi connectivity index (χ3n) is 1.26. The maximum atomic E-state index is 10.4. The highest BCUT2D eigenvalue weighted by molar-refractivity contribution is 5.75. The summed E-state index contributed by atoms with van der Waals surface area (Å²) in [5, 5.41) is 17.5. The van der Waals surface area contributed by atoms with E-state index in [4.69, 9.17) is 10.2 Å². The maximum Gasteiger partial charge on any atom is 0.337 e. The van der Waals surface area contributed by atoms with Gasteiger partial charge in [-0.15, -0.1) is 0 Å². The highest BCUT2D eigenvalue weighted by Crippen LogP contribution is 2.07. The number of hydrogen-bond acceptors (Lipinski definition) is 4. The third kappa shape index (κ3) is 1.20. The predicted molar refractivity (Wildman–Crippen MR) is 27.6 cm³/mol. The molecule has 0 unspecified atom stereocenters. The van der Waals surface area contributed by atoms with Crippen molar-refractivity contribution in [1.82, 2.24) is 0 Å². The lowest BCUT2D eigenvalue weighted by molar-refractivity contribution is -0.169. The summed E-state index contributed by atoms with van der Waals surface area (Å²) < 4.78 is 4.41. The van der Waals surface area contributed by atoms with Crippen molar-refractivity contribution in [1.29, 1.82) is 0 Å². The van der Waals surface area contributed by atoms with Crippen LogP contribution in [0.5, 0.6) is 0 Å². The van der Waals surface area contributed by atoms with Crippen LogP contribution in [0, 0.1) is 0 Å². The molecule has 1 aliphatic rings. The average molecular weight is 132 g/mol. The summed E-state index contributed by atoms with van der Waals surface area (Å²) in [6, 6.07) is 0. The van der Waals surface area contributed by atoms with Crippen molar-refractivity contribution in [2.45, 2.75) is 18.6 Å². The van der Waals surface area contributed by atoms with Gasteiger partial charge in [-0.25, -0.2) is 4.79 Å². The first-order valence-corrected chi connectivity index (χ1v) is 2.74. The summed E-state index contributed by atoms with van der Waals surface area (Å²) >= 11 is 0. The van der Waals surface area contributed by atoms with Crippen molar-refractivity contribution in [3.05, 3.63) is 0 Å². The van der Waals surface area contributed by atoms with E-state index in [9.17, 15) is 4.79 Å². The molecule has 4 heteroatoms. The van der Waals surface area contributed by atoms with E-state index >= 15 is 0 Å². The minimum Gasteiger partial charge on any atom is -0.464 e. The Kier molecular flexibility index (Phi) is 1.68. The minimum atomic E-state index is -1.33. The molecule has 1 heterocycles. The van der Waals surface area contributed by atoms with Crippen molar-refractivity contribution in [2.75, 3.05) is 6.61 Å². The van der Waals surface area contributed by atoms with Gasteiger partial charge in [0.1, 0.15) is 0 Å². The number of carbonyl (C=O) groups excluding carboxylic acids is 1. The van der Waals surface area contributed by atoms with Gasteiger partial charge in [0.15, 0.2) is 6.10 Å². The highest BCUT2D eigenvalue weighted by atomic mass is 16.6. The van der Waals surface area contributed by atoms with Crippen LogP contribution in [0.25, 0.3) is 0 Å². The quantitative estimate of drug-likeness (QED) is 0.400. The molecule has 1 rings (SSSR count). The molecule has 0 amide bonds. The van der Waals surface area contributed by atoms with Crippen LogP contribution in [0.1, 0.15) is 6.42 Å². The molecule has 2 atom stereocenters. The Labute approximate surface area is 52.1 Å². The van der Waals surface area contributed by atoms with Crippen molar-refractivity contribution in [2.24, 2.45) is 0 Å². The summed E-state index contributed by atoms with van der Waals surface area (Å²) in [6.45, 7) is 0.205. The van der Waals surface area contributed by atoms with Crippen LogP contribution in [-0.4, -0.2) is 35.0 Å². The molecule has 0 aromatic carbocycles. The molecule has 0 radical (unpaired) electrons. The largest absolute Gasteiger partial charge is 0.464 e. The average Bonchev–Trinajstić information content (AvgIpc) is 1.83. The molecule has 52 valence electrons. The van der Waals surface area contributed by atoms with Gasteiger partial charge in [0.2, 0.25) is 0 Å². The number of hydrogen-bond donors (Lipinski definition) is 2. The molecule has 0 saturated carbocycles. The van der Waals surface area contributed by atoms with E-state index < -0.39 is 18.2 Å². The van der Waals surface area contributed by atoms with Crippen LogP contribution in [-0.2, 0) is 9.53 Å². The van der Waals surface area contributed by atoms with E-state index in [0.717, 1.165) is 0 Å². The molecule has 1 saturated heterocycles. The first kappa shape index (κ1) is 6.51. The number of esters is 1. The van der Waals surface area contributed by atoms with Crippen LogP contribution in [0.2, 0.25) is 0 Å². The zero-order chi connectivity index (χ0) is 6.85. The second kappa shape index (κ2) is 2.33. The molecule has 1 fully saturated rings. The predicted octanol–water partition coefficient (Wildman–Crippen LogP) is -1.34. The Morgan fingerprint density at radius 1 is 1.56 bits per heavy atom.